The molecule has 2 atom stereocenters. The summed E-state index contributed by atoms with van der Waals surface area (Å²) >= 11 is 0. The van der Waals surface area contributed by atoms with Crippen LogP contribution in [0.1, 0.15) is 57.4 Å². The zero-order chi connectivity index (χ0) is 20.5. The molecule has 0 aliphatic heterocycles. The third-order valence-corrected chi connectivity index (χ3v) is 5.78. The summed E-state index contributed by atoms with van der Waals surface area (Å²) in [6.07, 6.45) is 8.87. The summed E-state index contributed by atoms with van der Waals surface area (Å²) in [4.78, 5) is 16.1. The summed E-state index contributed by atoms with van der Waals surface area (Å²) in [7, 11) is 1.80. The lowest BCUT2D eigenvalue weighted by Crippen LogP contribution is -2.38. The maximum atomic E-state index is 11.8. The van der Waals surface area contributed by atoms with Crippen LogP contribution in [0.25, 0.3) is 0 Å². The topological polar surface area (TPSA) is 74.8 Å². The SMILES string of the molecule is CN=C(NCCC1CCCC(C)C1)NCc1cccc(OCC(=O)NC2CC2)c1. The van der Waals surface area contributed by atoms with Gasteiger partial charge in [0.2, 0.25) is 0 Å². The Morgan fingerprint density at radius 3 is 2.83 bits per heavy atom. The molecule has 6 heteroatoms. The highest BCUT2D eigenvalue weighted by Crippen LogP contribution is 2.30. The number of guanidine groups is 1. The Morgan fingerprint density at radius 1 is 1.21 bits per heavy atom. The molecule has 3 N–H and O–H groups in total. The minimum Gasteiger partial charge on any atom is -0.484 e. The number of carbonyl (C=O) groups is 1. The van der Waals surface area contributed by atoms with Crippen LogP contribution in [0.15, 0.2) is 29.3 Å². The van der Waals surface area contributed by atoms with Gasteiger partial charge in [0.25, 0.3) is 5.91 Å². The van der Waals surface area contributed by atoms with Gasteiger partial charge in [0.15, 0.2) is 12.6 Å². The van der Waals surface area contributed by atoms with Gasteiger partial charge in [-0.2, -0.15) is 0 Å². The van der Waals surface area contributed by atoms with Crippen molar-refractivity contribution < 1.29 is 9.53 Å². The zero-order valence-corrected chi connectivity index (χ0v) is 17.9. The normalized spacial score (nSPS) is 22.1. The first-order valence-corrected chi connectivity index (χ1v) is 11.1. The maximum absolute atomic E-state index is 11.8. The molecular weight excluding hydrogens is 364 g/mol. The zero-order valence-electron chi connectivity index (χ0n) is 17.9. The predicted molar refractivity (Wildman–Crippen MR) is 117 cm³/mol. The Bertz CT molecular complexity index is 687. The standard InChI is InChI=1S/C23H36N4O2/c1-17-5-3-6-18(13-17)11-12-25-23(24-2)26-15-19-7-4-8-21(14-19)29-16-22(28)27-20-9-10-20/h4,7-8,14,17-18,20H,3,5-6,9-13,15-16H2,1-2H3,(H,27,28)(H2,24,25,26). The molecule has 1 aromatic rings. The molecule has 2 aliphatic rings. The number of carbonyl (C=O) groups excluding carboxylic acids is 1. The van der Waals surface area contributed by atoms with Crippen molar-refractivity contribution in [2.24, 2.45) is 16.8 Å². The summed E-state index contributed by atoms with van der Waals surface area (Å²) in [5, 5.41) is 9.73. The number of rotatable bonds is 9. The number of amides is 1. The third kappa shape index (κ3) is 7.95. The van der Waals surface area contributed by atoms with E-state index >= 15 is 0 Å². The molecule has 1 amide bonds. The van der Waals surface area contributed by atoms with Gasteiger partial charge in [0, 0.05) is 26.2 Å². The van der Waals surface area contributed by atoms with Crippen LogP contribution in [0.2, 0.25) is 0 Å². The molecule has 160 valence electrons. The van der Waals surface area contributed by atoms with Crippen LogP contribution >= 0.6 is 0 Å². The molecule has 0 heterocycles. The number of aliphatic imine (C=N–C) groups is 1. The van der Waals surface area contributed by atoms with Gasteiger partial charge < -0.3 is 20.7 Å². The number of benzene rings is 1. The molecule has 0 saturated heterocycles. The van der Waals surface area contributed by atoms with E-state index in [1.165, 1.54) is 32.1 Å². The molecule has 6 nitrogen and oxygen atoms in total. The van der Waals surface area contributed by atoms with Crippen LogP contribution in [0.4, 0.5) is 0 Å². The van der Waals surface area contributed by atoms with Gasteiger partial charge in [-0.05, 0) is 55.2 Å². The van der Waals surface area contributed by atoms with Crippen LogP contribution in [-0.4, -0.2) is 38.1 Å². The van der Waals surface area contributed by atoms with Crippen LogP contribution < -0.4 is 20.7 Å². The number of hydrogen-bond donors (Lipinski definition) is 3. The van der Waals surface area contributed by atoms with Crippen molar-refractivity contribution in [3.05, 3.63) is 29.8 Å². The molecule has 0 radical (unpaired) electrons. The van der Waals surface area contributed by atoms with E-state index in [0.29, 0.717) is 18.3 Å². The number of hydrogen-bond acceptors (Lipinski definition) is 3. The van der Waals surface area contributed by atoms with Crippen molar-refractivity contribution >= 4 is 11.9 Å². The molecule has 0 bridgehead atoms. The highest BCUT2D eigenvalue weighted by molar-refractivity contribution is 5.79. The van der Waals surface area contributed by atoms with Crippen LogP contribution in [0.5, 0.6) is 5.75 Å². The van der Waals surface area contributed by atoms with E-state index in [9.17, 15) is 4.79 Å². The predicted octanol–water partition coefficient (Wildman–Crippen LogP) is 3.23. The second-order valence-electron chi connectivity index (χ2n) is 8.56. The van der Waals surface area contributed by atoms with Gasteiger partial charge in [-0.25, -0.2) is 0 Å². The molecule has 2 unspecified atom stereocenters. The molecule has 3 rings (SSSR count). The number of ether oxygens (including phenoxy) is 1. The smallest absolute Gasteiger partial charge is 0.258 e. The maximum Gasteiger partial charge on any atom is 0.258 e. The summed E-state index contributed by atoms with van der Waals surface area (Å²) < 4.78 is 5.63. The Morgan fingerprint density at radius 2 is 2.07 bits per heavy atom. The summed E-state index contributed by atoms with van der Waals surface area (Å²) in [6.45, 7) is 4.05. The second kappa shape index (κ2) is 11.1. The lowest BCUT2D eigenvalue weighted by atomic mass is 9.81. The van der Waals surface area contributed by atoms with E-state index in [1.807, 2.05) is 24.3 Å². The fourth-order valence-electron chi connectivity index (χ4n) is 4.01. The van der Waals surface area contributed by atoms with Gasteiger partial charge in [0.1, 0.15) is 5.75 Å². The molecule has 0 aromatic heterocycles. The minimum atomic E-state index is -0.0482. The largest absolute Gasteiger partial charge is 0.484 e. The Kier molecular flexibility index (Phi) is 8.20. The van der Waals surface area contributed by atoms with Crippen molar-refractivity contribution in [3.8, 4) is 5.75 Å². The van der Waals surface area contributed by atoms with E-state index in [0.717, 1.165) is 42.7 Å². The molecule has 2 saturated carbocycles. The molecule has 1 aromatic carbocycles. The van der Waals surface area contributed by atoms with E-state index in [2.05, 4.69) is 27.9 Å². The van der Waals surface area contributed by atoms with Crippen molar-refractivity contribution in [3.63, 3.8) is 0 Å². The Labute approximate surface area is 174 Å². The van der Waals surface area contributed by atoms with Crippen molar-refractivity contribution in [2.45, 2.75) is 64.5 Å². The fraction of sp³-hybridized carbons (Fsp3) is 0.652. The van der Waals surface area contributed by atoms with E-state index < -0.39 is 0 Å². The van der Waals surface area contributed by atoms with E-state index in [1.54, 1.807) is 7.05 Å². The quantitative estimate of drug-likeness (QED) is 0.439. The van der Waals surface area contributed by atoms with E-state index in [4.69, 9.17) is 4.74 Å². The van der Waals surface area contributed by atoms with Gasteiger partial charge in [0.05, 0.1) is 0 Å². The van der Waals surface area contributed by atoms with Crippen molar-refractivity contribution in [2.75, 3.05) is 20.2 Å². The first-order chi connectivity index (χ1) is 14.1. The summed E-state index contributed by atoms with van der Waals surface area (Å²) in [6, 6.07) is 8.20. The van der Waals surface area contributed by atoms with Crippen molar-refractivity contribution in [1.82, 2.24) is 16.0 Å². The average molecular weight is 401 g/mol. The molecule has 29 heavy (non-hydrogen) atoms. The first-order valence-electron chi connectivity index (χ1n) is 11.1. The lowest BCUT2D eigenvalue weighted by molar-refractivity contribution is -0.123. The highest BCUT2D eigenvalue weighted by atomic mass is 16.5. The molecular formula is C23H36N4O2. The molecule has 2 fully saturated rings. The van der Waals surface area contributed by atoms with Gasteiger partial charge in [-0.3, -0.25) is 9.79 Å². The van der Waals surface area contributed by atoms with Crippen LogP contribution in [0.3, 0.4) is 0 Å². The molecule has 2 aliphatic carbocycles. The average Bonchev–Trinajstić information content (AvgIpc) is 3.53. The Balaban J connectivity index is 1.36. The first kappa shape index (κ1) is 21.5. The highest BCUT2D eigenvalue weighted by Gasteiger charge is 2.23. The van der Waals surface area contributed by atoms with Crippen molar-refractivity contribution in [1.29, 1.82) is 0 Å². The fourth-order valence-corrected chi connectivity index (χ4v) is 4.01. The second-order valence-corrected chi connectivity index (χ2v) is 8.56. The lowest BCUT2D eigenvalue weighted by Gasteiger charge is -2.26. The van der Waals surface area contributed by atoms with Crippen LogP contribution in [0, 0.1) is 11.8 Å². The monoisotopic (exact) mass is 400 g/mol. The van der Waals surface area contributed by atoms with Crippen LogP contribution in [-0.2, 0) is 11.3 Å². The van der Waals surface area contributed by atoms with E-state index in [-0.39, 0.29) is 12.5 Å². The number of nitrogens with zero attached hydrogens (tertiary/aromatic N) is 1. The third-order valence-electron chi connectivity index (χ3n) is 5.78. The summed E-state index contributed by atoms with van der Waals surface area (Å²) in [5.74, 6) is 3.21. The van der Waals surface area contributed by atoms with Gasteiger partial charge >= 0.3 is 0 Å². The summed E-state index contributed by atoms with van der Waals surface area (Å²) in [5.41, 5.74) is 1.09. The minimum absolute atomic E-state index is 0.0482. The Hall–Kier alpha value is -2.24. The van der Waals surface area contributed by atoms with Gasteiger partial charge in [-0.15, -0.1) is 0 Å². The number of nitrogens with one attached hydrogen (secondary N) is 3. The molecule has 0 spiro atoms. The van der Waals surface area contributed by atoms with Gasteiger partial charge in [-0.1, -0.05) is 38.3 Å².